The molecule has 1 fully saturated rings. The van der Waals surface area contributed by atoms with Gasteiger partial charge in [-0.25, -0.2) is 4.52 Å². The van der Waals surface area contributed by atoms with Crippen molar-refractivity contribution in [2.24, 2.45) is 18.9 Å². The van der Waals surface area contributed by atoms with E-state index in [4.69, 9.17) is 5.73 Å². The van der Waals surface area contributed by atoms with E-state index in [1.807, 2.05) is 0 Å². The molecule has 4 heterocycles. The van der Waals surface area contributed by atoms with Gasteiger partial charge < -0.3 is 16.0 Å². The summed E-state index contributed by atoms with van der Waals surface area (Å²) in [4.78, 5) is 14.3. The van der Waals surface area contributed by atoms with Gasteiger partial charge in [-0.05, 0) is 80.9 Å². The van der Waals surface area contributed by atoms with Gasteiger partial charge in [0.15, 0.2) is 0 Å². The lowest BCUT2D eigenvalue weighted by molar-refractivity contribution is -0.0327. The minimum atomic E-state index is -4.50. The maximum atomic E-state index is 12.9. The normalized spacial score (nSPS) is 17.3. The summed E-state index contributed by atoms with van der Waals surface area (Å²) in [5.41, 5.74) is 1.76. The fourth-order valence-corrected chi connectivity index (χ4v) is 5.24. The number of rotatable bonds is 5. The zero-order chi connectivity index (χ0) is 32.0. The van der Waals surface area contributed by atoms with Crippen LogP contribution in [0.25, 0.3) is 5.52 Å². The van der Waals surface area contributed by atoms with Crippen LogP contribution in [0, 0.1) is 23.7 Å². The first kappa shape index (κ1) is 36.0. The summed E-state index contributed by atoms with van der Waals surface area (Å²) >= 11 is -0.304. The molecule has 0 aromatic carbocycles. The maximum Gasteiger partial charge on any atom is 0.446 e. The van der Waals surface area contributed by atoms with Crippen molar-refractivity contribution in [1.29, 1.82) is 0 Å². The molecule has 2 unspecified atom stereocenters. The lowest BCUT2D eigenvalue weighted by atomic mass is 9.89. The van der Waals surface area contributed by atoms with Gasteiger partial charge >= 0.3 is 5.51 Å². The number of amides is 1. The predicted molar refractivity (Wildman–Crippen MR) is 164 cm³/mol. The number of carbonyl (C=O) groups excluding carboxylic acids is 1. The molecule has 1 amide bonds. The van der Waals surface area contributed by atoms with E-state index >= 15 is 0 Å². The summed E-state index contributed by atoms with van der Waals surface area (Å²) in [6.45, 7) is 8.93. The van der Waals surface area contributed by atoms with Gasteiger partial charge in [-0.1, -0.05) is 39.2 Å². The van der Waals surface area contributed by atoms with Crippen molar-refractivity contribution in [3.63, 3.8) is 0 Å². The average Bonchev–Trinajstić information content (AvgIpc) is 3.53. The van der Waals surface area contributed by atoms with Gasteiger partial charge in [-0.3, -0.25) is 13.9 Å². The number of carbonyl (C=O) groups is 1. The molecule has 1 saturated heterocycles. The number of fused-ring (bicyclic) bond motifs is 1. The number of hydrogen-bond donors (Lipinski definition) is 2. The van der Waals surface area contributed by atoms with E-state index in [1.54, 1.807) is 14.0 Å². The molecule has 13 heteroatoms. The van der Waals surface area contributed by atoms with Gasteiger partial charge in [0.05, 0.1) is 35.4 Å². The van der Waals surface area contributed by atoms with Crippen molar-refractivity contribution >= 4 is 29.0 Å². The van der Waals surface area contributed by atoms with Crippen LogP contribution in [0.5, 0.6) is 0 Å². The lowest BCUT2D eigenvalue weighted by Gasteiger charge is -2.29. The van der Waals surface area contributed by atoms with Crippen LogP contribution in [0.1, 0.15) is 68.9 Å². The zero-order valence-electron chi connectivity index (χ0n) is 25.5. The number of nitrogens with one attached hydrogen (secondary N) is 1. The molecule has 3 aromatic rings. The fraction of sp³-hybridized carbons (Fsp3) is 0.567. The Hall–Kier alpha value is -3.24. The number of nitrogen functional groups attached to an aromatic ring is 1. The van der Waals surface area contributed by atoms with Crippen molar-refractivity contribution in [1.82, 2.24) is 29.6 Å². The fourth-order valence-electron chi connectivity index (χ4n) is 4.56. The van der Waals surface area contributed by atoms with Crippen molar-refractivity contribution in [2.45, 2.75) is 63.3 Å². The zero-order valence-corrected chi connectivity index (χ0v) is 26.4. The number of thioether (sulfide) groups is 1. The highest BCUT2D eigenvalue weighted by Crippen LogP contribution is 2.40. The van der Waals surface area contributed by atoms with Crippen molar-refractivity contribution in [2.75, 3.05) is 39.1 Å². The van der Waals surface area contributed by atoms with E-state index < -0.39 is 5.51 Å². The number of aromatic nitrogens is 4. The lowest BCUT2D eigenvalue weighted by Crippen LogP contribution is -2.30. The van der Waals surface area contributed by atoms with Crippen LogP contribution in [-0.2, 0) is 7.05 Å². The number of anilines is 1. The van der Waals surface area contributed by atoms with E-state index in [2.05, 4.69) is 53.2 Å². The van der Waals surface area contributed by atoms with Gasteiger partial charge in [0.25, 0.3) is 5.91 Å². The predicted octanol–water partition coefficient (Wildman–Crippen LogP) is 6.17. The largest absolute Gasteiger partial charge is 0.446 e. The van der Waals surface area contributed by atoms with Gasteiger partial charge in [0.2, 0.25) is 0 Å². The van der Waals surface area contributed by atoms with Crippen LogP contribution in [0.15, 0.2) is 35.5 Å². The number of likely N-dealkylation sites (tertiary alicyclic amines) is 1. The number of pyridine rings is 1. The minimum Gasteiger partial charge on any atom is -0.384 e. The highest BCUT2D eigenvalue weighted by Gasteiger charge is 2.33. The Kier molecular flexibility index (Phi) is 14.9. The van der Waals surface area contributed by atoms with E-state index in [-0.39, 0.29) is 52.8 Å². The van der Waals surface area contributed by atoms with E-state index in [9.17, 15) is 22.4 Å². The second kappa shape index (κ2) is 17.8. The number of nitrogens with zero attached hydrogens (tertiary/aromatic N) is 5. The molecule has 0 bridgehead atoms. The summed E-state index contributed by atoms with van der Waals surface area (Å²) in [7, 11) is 3.93. The van der Waals surface area contributed by atoms with Crippen molar-refractivity contribution < 1.29 is 22.4 Å². The Morgan fingerprint density at radius 1 is 1.26 bits per heavy atom. The summed E-state index contributed by atoms with van der Waals surface area (Å²) < 4.78 is 52.1. The van der Waals surface area contributed by atoms with Crippen molar-refractivity contribution in [3.05, 3.63) is 41.9 Å². The smallest absolute Gasteiger partial charge is 0.384 e. The number of alkyl halides is 4. The van der Waals surface area contributed by atoms with Gasteiger partial charge in [-0.15, -0.1) is 0 Å². The highest BCUT2D eigenvalue weighted by molar-refractivity contribution is 8.00. The van der Waals surface area contributed by atoms with Crippen LogP contribution in [0.4, 0.5) is 23.4 Å². The minimum absolute atomic E-state index is 0.0623. The molecule has 3 aromatic heterocycles. The first-order valence-corrected chi connectivity index (χ1v) is 15.2. The Balaban J connectivity index is 0.000000334. The van der Waals surface area contributed by atoms with Gasteiger partial charge in [0.1, 0.15) is 11.5 Å². The molecule has 0 radical (unpaired) electrons. The summed E-state index contributed by atoms with van der Waals surface area (Å²) in [5, 5.41) is 10.5. The number of halogens is 4. The molecule has 238 valence electrons. The summed E-state index contributed by atoms with van der Waals surface area (Å²) in [6.07, 6.45) is 9.21. The quantitative estimate of drug-likeness (QED) is 0.200. The SMILES string of the molecule is CCC1CC(C)CCCN(C)C1.CCCF.Cn1cc(C(=O)NCC#Cc2nn3c(N)cccc3c2SC(F)(F)F)cn1. The molecule has 2 atom stereocenters. The number of aryl methyl sites for hydroxylation is 1. The second-order valence-electron chi connectivity index (χ2n) is 10.6. The number of hydrogen-bond acceptors (Lipinski definition) is 6. The molecule has 3 N–H and O–H groups in total. The highest BCUT2D eigenvalue weighted by atomic mass is 32.2. The first-order valence-electron chi connectivity index (χ1n) is 14.4. The molecule has 0 spiro atoms. The Morgan fingerprint density at radius 2 is 1.98 bits per heavy atom. The van der Waals surface area contributed by atoms with Crippen LogP contribution < -0.4 is 11.1 Å². The second-order valence-corrected chi connectivity index (χ2v) is 11.6. The molecule has 1 aliphatic rings. The van der Waals surface area contributed by atoms with E-state index in [0.717, 1.165) is 11.8 Å². The van der Waals surface area contributed by atoms with Gasteiger partial charge in [-0.2, -0.15) is 23.4 Å². The number of nitrogens with two attached hydrogens (primary N) is 1. The molecule has 8 nitrogen and oxygen atoms in total. The maximum absolute atomic E-state index is 12.9. The average molecular weight is 626 g/mol. The molecule has 43 heavy (non-hydrogen) atoms. The summed E-state index contributed by atoms with van der Waals surface area (Å²) in [6, 6.07) is 4.54. The third-order valence-corrected chi connectivity index (χ3v) is 7.52. The molecule has 0 saturated carbocycles. The Morgan fingerprint density at radius 3 is 2.58 bits per heavy atom. The molecule has 1 aliphatic heterocycles. The molecular formula is C30H43F4N7OS. The van der Waals surface area contributed by atoms with E-state index in [1.165, 1.54) is 78.6 Å². The topological polar surface area (TPSA) is 93.5 Å². The van der Waals surface area contributed by atoms with Crippen molar-refractivity contribution in [3.8, 4) is 11.8 Å². The van der Waals surface area contributed by atoms with E-state index in [0.29, 0.717) is 12.0 Å². The molecule has 0 aliphatic carbocycles. The molecular weight excluding hydrogens is 582 g/mol. The van der Waals surface area contributed by atoms with Gasteiger partial charge in [0, 0.05) is 19.8 Å². The third kappa shape index (κ3) is 12.5. The van der Waals surface area contributed by atoms with Crippen LogP contribution >= 0.6 is 11.8 Å². The van der Waals surface area contributed by atoms with Crippen LogP contribution in [-0.4, -0.2) is 69.1 Å². The summed E-state index contributed by atoms with van der Waals surface area (Å²) in [5.74, 6) is 6.89. The third-order valence-electron chi connectivity index (χ3n) is 6.68. The first-order chi connectivity index (χ1) is 20.4. The van der Waals surface area contributed by atoms with Crippen LogP contribution in [0.2, 0.25) is 0 Å². The van der Waals surface area contributed by atoms with Crippen LogP contribution in [0.3, 0.4) is 0 Å². The standard InChI is InChI=1S/C16H13F3N6OS.C11H23N.C3H7F/c1-24-9-10(8-22-24)15(26)21-7-3-4-11-14(27-16(17,18)19)12-5-2-6-13(20)25(12)23-11;1-4-11-8-10(2)6-5-7-12(3)9-11;1-2-3-4/h2,5-6,8-9H,7,20H2,1H3,(H,21,26);10-11H,4-9H2,1-3H3;2-3H2,1H3. The Labute approximate surface area is 255 Å². The monoisotopic (exact) mass is 625 g/mol. The Bertz CT molecular complexity index is 1330. The molecule has 4 rings (SSSR count).